The van der Waals surface area contributed by atoms with E-state index in [1.165, 1.54) is 0 Å². The second-order valence-electron chi connectivity index (χ2n) is 6.14. The summed E-state index contributed by atoms with van der Waals surface area (Å²) in [4.78, 5) is 25.6. The van der Waals surface area contributed by atoms with E-state index in [-0.39, 0.29) is 5.91 Å². The second-order valence-corrected chi connectivity index (χ2v) is 6.14. The zero-order chi connectivity index (χ0) is 17.8. The van der Waals surface area contributed by atoms with Crippen LogP contribution in [0.15, 0.2) is 72.9 Å². The molecule has 0 saturated carbocycles. The largest absolute Gasteiger partial charge is 0.347 e. The molecule has 0 bridgehead atoms. The molecule has 0 fully saturated rings. The van der Waals surface area contributed by atoms with Gasteiger partial charge < -0.3 is 5.32 Å². The molecule has 128 valence electrons. The molecule has 1 aliphatic rings. The van der Waals surface area contributed by atoms with Gasteiger partial charge in [0.05, 0.1) is 5.52 Å². The summed E-state index contributed by atoms with van der Waals surface area (Å²) >= 11 is 0. The van der Waals surface area contributed by atoms with Gasteiger partial charge in [0, 0.05) is 47.8 Å². The number of amides is 1. The molecule has 3 aromatic heterocycles. The van der Waals surface area contributed by atoms with Crippen LogP contribution in [-0.4, -0.2) is 27.4 Å². The van der Waals surface area contributed by atoms with Gasteiger partial charge in [-0.1, -0.05) is 24.3 Å². The first-order valence-corrected chi connectivity index (χ1v) is 8.60. The van der Waals surface area contributed by atoms with Crippen molar-refractivity contribution in [2.75, 3.05) is 6.54 Å². The predicted molar refractivity (Wildman–Crippen MR) is 102 cm³/mol. The van der Waals surface area contributed by atoms with Crippen LogP contribution in [0.3, 0.4) is 0 Å². The molecule has 3 heterocycles. The first kappa shape index (κ1) is 16.1. The molecule has 0 spiro atoms. The van der Waals surface area contributed by atoms with Gasteiger partial charge in [-0.05, 0) is 36.6 Å². The summed E-state index contributed by atoms with van der Waals surface area (Å²) in [5, 5.41) is 3.83. The molecule has 3 aromatic rings. The Labute approximate surface area is 151 Å². The third-order valence-electron chi connectivity index (χ3n) is 4.33. The van der Waals surface area contributed by atoms with Crippen molar-refractivity contribution < 1.29 is 4.79 Å². The quantitative estimate of drug-likeness (QED) is 0.785. The zero-order valence-electron chi connectivity index (χ0n) is 14.2. The highest BCUT2D eigenvalue weighted by Gasteiger charge is 2.12. The lowest BCUT2D eigenvalue weighted by Gasteiger charge is -2.10. The van der Waals surface area contributed by atoms with E-state index in [0.29, 0.717) is 12.2 Å². The predicted octanol–water partition coefficient (Wildman–Crippen LogP) is 3.70. The molecule has 4 rings (SSSR count). The van der Waals surface area contributed by atoms with E-state index in [4.69, 9.17) is 0 Å². The number of nitrogens with zero attached hydrogens (tertiary/aromatic N) is 3. The maximum Gasteiger partial charge on any atom is 0.270 e. The fourth-order valence-electron chi connectivity index (χ4n) is 2.97. The van der Waals surface area contributed by atoms with Gasteiger partial charge in [0.15, 0.2) is 0 Å². The number of hydrogen-bond donors (Lipinski definition) is 1. The van der Waals surface area contributed by atoms with Crippen LogP contribution in [0.5, 0.6) is 0 Å². The van der Waals surface area contributed by atoms with Gasteiger partial charge in [-0.25, -0.2) is 4.98 Å². The van der Waals surface area contributed by atoms with E-state index in [2.05, 4.69) is 38.5 Å². The van der Waals surface area contributed by atoms with Crippen molar-refractivity contribution in [1.82, 2.24) is 20.3 Å². The zero-order valence-corrected chi connectivity index (χ0v) is 14.2. The standard InChI is InChI=1S/C21H18N4O/c26-21(24-11-15-5-2-1-3-6-15)19-9-8-17-13-23-14-18(20(17)25-19)16-7-4-10-22-12-16/h2,4-10,12-14H,1,3,11H2,(H,24,26). The van der Waals surface area contributed by atoms with Crippen molar-refractivity contribution >= 4 is 16.8 Å². The van der Waals surface area contributed by atoms with Crippen molar-refractivity contribution in [1.29, 1.82) is 0 Å². The summed E-state index contributed by atoms with van der Waals surface area (Å²) in [6, 6.07) is 7.44. The highest BCUT2D eigenvalue weighted by atomic mass is 16.1. The van der Waals surface area contributed by atoms with Crippen molar-refractivity contribution in [3.8, 4) is 11.1 Å². The van der Waals surface area contributed by atoms with Crippen molar-refractivity contribution in [2.24, 2.45) is 0 Å². The number of fused-ring (bicyclic) bond motifs is 1. The van der Waals surface area contributed by atoms with Crippen LogP contribution < -0.4 is 5.32 Å². The topological polar surface area (TPSA) is 67.8 Å². The molecule has 0 aromatic carbocycles. The number of nitrogens with one attached hydrogen (secondary N) is 1. The minimum atomic E-state index is -0.180. The van der Waals surface area contributed by atoms with Crippen LogP contribution >= 0.6 is 0 Å². The van der Waals surface area contributed by atoms with E-state index in [0.717, 1.165) is 40.4 Å². The van der Waals surface area contributed by atoms with Gasteiger partial charge >= 0.3 is 0 Å². The number of rotatable bonds is 4. The summed E-state index contributed by atoms with van der Waals surface area (Å²) in [7, 11) is 0. The monoisotopic (exact) mass is 342 g/mol. The van der Waals surface area contributed by atoms with E-state index < -0.39 is 0 Å². The van der Waals surface area contributed by atoms with E-state index in [9.17, 15) is 4.79 Å². The first-order valence-electron chi connectivity index (χ1n) is 8.60. The minimum absolute atomic E-state index is 0.180. The molecule has 0 aliphatic heterocycles. The van der Waals surface area contributed by atoms with E-state index >= 15 is 0 Å². The molecular formula is C21H18N4O. The third-order valence-corrected chi connectivity index (χ3v) is 4.33. The highest BCUT2D eigenvalue weighted by Crippen LogP contribution is 2.25. The molecule has 0 radical (unpaired) electrons. The molecular weight excluding hydrogens is 324 g/mol. The maximum absolute atomic E-state index is 12.5. The Balaban J connectivity index is 1.63. The molecule has 1 aliphatic carbocycles. The Bertz CT molecular complexity index is 1010. The summed E-state index contributed by atoms with van der Waals surface area (Å²) in [5.74, 6) is -0.180. The molecule has 5 nitrogen and oxygen atoms in total. The van der Waals surface area contributed by atoms with Crippen molar-refractivity contribution in [2.45, 2.75) is 12.8 Å². The van der Waals surface area contributed by atoms with Crippen LogP contribution in [0.4, 0.5) is 0 Å². The van der Waals surface area contributed by atoms with Gasteiger partial charge in [-0.2, -0.15) is 0 Å². The smallest absolute Gasteiger partial charge is 0.270 e. The molecule has 0 unspecified atom stereocenters. The lowest BCUT2D eigenvalue weighted by atomic mass is 10.1. The number of carbonyl (C=O) groups is 1. The molecule has 1 amide bonds. The Morgan fingerprint density at radius 2 is 2.04 bits per heavy atom. The summed E-state index contributed by atoms with van der Waals surface area (Å²) in [6.45, 7) is 0.515. The molecule has 0 saturated heterocycles. The summed E-state index contributed by atoms with van der Waals surface area (Å²) in [6.07, 6.45) is 15.4. The van der Waals surface area contributed by atoms with Crippen molar-refractivity contribution in [3.05, 3.63) is 78.5 Å². The Hall–Kier alpha value is -3.34. The number of aromatic nitrogens is 3. The lowest BCUT2D eigenvalue weighted by molar-refractivity contribution is 0.0952. The lowest BCUT2D eigenvalue weighted by Crippen LogP contribution is -2.26. The minimum Gasteiger partial charge on any atom is -0.347 e. The fourth-order valence-corrected chi connectivity index (χ4v) is 2.97. The SMILES string of the molecule is O=C(NCC1=CCCC=C1)c1ccc2cncc(-c3cccnc3)c2n1. The average Bonchev–Trinajstić information content (AvgIpc) is 2.72. The molecule has 26 heavy (non-hydrogen) atoms. The van der Waals surface area contributed by atoms with Crippen LogP contribution in [0.2, 0.25) is 0 Å². The third kappa shape index (κ3) is 3.37. The molecule has 0 atom stereocenters. The van der Waals surface area contributed by atoms with Crippen LogP contribution in [0.1, 0.15) is 23.3 Å². The van der Waals surface area contributed by atoms with Crippen LogP contribution in [-0.2, 0) is 0 Å². The van der Waals surface area contributed by atoms with Gasteiger partial charge in [0.1, 0.15) is 5.69 Å². The van der Waals surface area contributed by atoms with Crippen molar-refractivity contribution in [3.63, 3.8) is 0 Å². The van der Waals surface area contributed by atoms with Gasteiger partial charge in [-0.3, -0.25) is 14.8 Å². The fraction of sp³-hybridized carbons (Fsp3) is 0.143. The summed E-state index contributed by atoms with van der Waals surface area (Å²) < 4.78 is 0. The van der Waals surface area contributed by atoms with Gasteiger partial charge in [-0.15, -0.1) is 0 Å². The number of allylic oxidation sites excluding steroid dienone is 2. The van der Waals surface area contributed by atoms with Crippen LogP contribution in [0.25, 0.3) is 22.0 Å². The maximum atomic E-state index is 12.5. The highest BCUT2D eigenvalue weighted by molar-refractivity contribution is 5.98. The van der Waals surface area contributed by atoms with Crippen LogP contribution in [0, 0.1) is 0 Å². The summed E-state index contributed by atoms with van der Waals surface area (Å²) in [5.41, 5.74) is 4.06. The second kappa shape index (κ2) is 7.27. The number of pyridine rings is 3. The van der Waals surface area contributed by atoms with Gasteiger partial charge in [0.25, 0.3) is 5.91 Å². The normalized spacial score (nSPS) is 13.5. The number of hydrogen-bond acceptors (Lipinski definition) is 4. The van der Waals surface area contributed by atoms with E-state index in [1.54, 1.807) is 30.9 Å². The Morgan fingerprint density at radius 1 is 1.08 bits per heavy atom. The average molecular weight is 342 g/mol. The van der Waals surface area contributed by atoms with E-state index in [1.807, 2.05) is 18.2 Å². The Morgan fingerprint density at radius 3 is 2.85 bits per heavy atom. The Kier molecular flexibility index (Phi) is 4.51. The molecule has 1 N–H and O–H groups in total. The number of carbonyl (C=O) groups excluding carboxylic acids is 1. The first-order chi connectivity index (χ1) is 12.8. The molecule has 5 heteroatoms. The van der Waals surface area contributed by atoms with Gasteiger partial charge in [0.2, 0.25) is 0 Å².